The summed E-state index contributed by atoms with van der Waals surface area (Å²) in [7, 11) is 3.08. The average molecular weight is 328 g/mol. The van der Waals surface area contributed by atoms with Crippen molar-refractivity contribution in [2.75, 3.05) is 14.2 Å². The largest absolute Gasteiger partial charge is 0.550 e. The highest BCUT2D eigenvalue weighted by molar-refractivity contribution is 5.94. The molecule has 2 aromatic rings. The van der Waals surface area contributed by atoms with Gasteiger partial charge >= 0.3 is 0 Å². The molecule has 1 atom stereocenters. The van der Waals surface area contributed by atoms with Crippen LogP contribution in [0.3, 0.4) is 0 Å². The number of benzene rings is 2. The van der Waals surface area contributed by atoms with Gasteiger partial charge in [-0.1, -0.05) is 12.1 Å². The molecule has 2 rings (SSSR count). The van der Waals surface area contributed by atoms with E-state index in [-0.39, 0.29) is 12.3 Å². The van der Waals surface area contributed by atoms with E-state index < -0.39 is 12.0 Å². The highest BCUT2D eigenvalue weighted by Gasteiger charge is 2.16. The van der Waals surface area contributed by atoms with Gasteiger partial charge in [-0.3, -0.25) is 4.79 Å². The van der Waals surface area contributed by atoms with E-state index in [9.17, 15) is 14.7 Å². The van der Waals surface area contributed by atoms with Crippen LogP contribution in [-0.4, -0.2) is 26.1 Å². The SMILES string of the molecule is COc1ccc(C(=O)N[C@H](CC(=O)[O-])c2ccc(OC)cc2)cc1. The van der Waals surface area contributed by atoms with Crippen LogP contribution in [0.4, 0.5) is 0 Å². The van der Waals surface area contributed by atoms with Crippen LogP contribution in [0.5, 0.6) is 11.5 Å². The summed E-state index contributed by atoms with van der Waals surface area (Å²) in [6, 6.07) is 12.7. The molecule has 1 N–H and O–H groups in total. The third kappa shape index (κ3) is 4.49. The normalized spacial score (nSPS) is 11.4. The number of carbonyl (C=O) groups is 2. The lowest BCUT2D eigenvalue weighted by molar-refractivity contribution is -0.306. The van der Waals surface area contributed by atoms with E-state index >= 15 is 0 Å². The zero-order chi connectivity index (χ0) is 17.5. The first-order valence-corrected chi connectivity index (χ1v) is 7.32. The summed E-state index contributed by atoms with van der Waals surface area (Å²) in [4.78, 5) is 23.3. The lowest BCUT2D eigenvalue weighted by Gasteiger charge is -2.20. The molecule has 2 aromatic carbocycles. The Hall–Kier alpha value is -3.02. The summed E-state index contributed by atoms with van der Waals surface area (Å²) in [6.07, 6.45) is -0.325. The van der Waals surface area contributed by atoms with E-state index in [1.165, 1.54) is 7.11 Å². The van der Waals surface area contributed by atoms with E-state index in [1.54, 1.807) is 55.6 Å². The van der Waals surface area contributed by atoms with Crippen LogP contribution >= 0.6 is 0 Å². The number of methoxy groups -OCH3 is 2. The van der Waals surface area contributed by atoms with E-state index in [0.717, 1.165) is 0 Å². The molecule has 0 aliphatic heterocycles. The summed E-state index contributed by atoms with van der Waals surface area (Å²) in [5, 5.41) is 13.7. The third-order valence-electron chi connectivity index (χ3n) is 3.55. The molecule has 0 aliphatic carbocycles. The lowest BCUT2D eigenvalue weighted by atomic mass is 10.0. The quantitative estimate of drug-likeness (QED) is 0.828. The topological polar surface area (TPSA) is 87.7 Å². The van der Waals surface area contributed by atoms with Gasteiger partial charge in [0.25, 0.3) is 5.91 Å². The highest BCUT2D eigenvalue weighted by Crippen LogP contribution is 2.21. The first-order valence-electron chi connectivity index (χ1n) is 7.32. The first kappa shape index (κ1) is 17.3. The second-order valence-electron chi connectivity index (χ2n) is 5.10. The molecule has 6 heteroatoms. The standard InChI is InChI=1S/C18H19NO5/c1-23-14-7-3-12(4-8-14)16(11-17(20)21)19-18(22)13-5-9-15(24-2)10-6-13/h3-10,16H,11H2,1-2H3,(H,19,22)(H,20,21)/p-1/t16-/m1/s1. The molecule has 0 saturated carbocycles. The minimum absolute atomic E-state index is 0.325. The second-order valence-corrected chi connectivity index (χ2v) is 5.10. The van der Waals surface area contributed by atoms with Gasteiger partial charge in [-0.25, -0.2) is 0 Å². The first-order chi connectivity index (χ1) is 11.5. The van der Waals surface area contributed by atoms with Crippen molar-refractivity contribution >= 4 is 11.9 Å². The molecule has 6 nitrogen and oxygen atoms in total. The number of aliphatic carboxylic acids is 1. The van der Waals surface area contributed by atoms with Gasteiger partial charge in [0.15, 0.2) is 0 Å². The van der Waals surface area contributed by atoms with Crippen molar-refractivity contribution < 1.29 is 24.2 Å². The zero-order valence-corrected chi connectivity index (χ0v) is 13.4. The summed E-state index contributed by atoms with van der Waals surface area (Å²) in [5.74, 6) is -0.342. The Morgan fingerprint density at radius 2 is 1.46 bits per heavy atom. The number of carboxylic acids is 1. The number of hydrogen-bond acceptors (Lipinski definition) is 5. The molecule has 0 heterocycles. The molecule has 126 valence electrons. The third-order valence-corrected chi connectivity index (χ3v) is 3.55. The van der Waals surface area contributed by atoms with Crippen LogP contribution in [0, 0.1) is 0 Å². The Labute approximate surface area is 140 Å². The summed E-state index contributed by atoms with van der Waals surface area (Å²) in [6.45, 7) is 0. The van der Waals surface area contributed by atoms with Crippen LogP contribution in [0.1, 0.15) is 28.4 Å². The molecule has 1 amide bonds. The van der Waals surface area contributed by atoms with Crippen molar-refractivity contribution in [1.82, 2.24) is 5.32 Å². The number of carbonyl (C=O) groups excluding carboxylic acids is 2. The van der Waals surface area contributed by atoms with Gasteiger partial charge in [-0.2, -0.15) is 0 Å². The maximum absolute atomic E-state index is 12.3. The Morgan fingerprint density at radius 3 is 1.92 bits per heavy atom. The number of ether oxygens (including phenoxy) is 2. The molecule has 0 bridgehead atoms. The summed E-state index contributed by atoms with van der Waals surface area (Å²) < 4.78 is 10.1. The Kier molecular flexibility index (Phi) is 5.78. The fraction of sp³-hybridized carbons (Fsp3) is 0.222. The highest BCUT2D eigenvalue weighted by atomic mass is 16.5. The fourth-order valence-electron chi connectivity index (χ4n) is 2.24. The van der Waals surface area contributed by atoms with Crippen molar-refractivity contribution in [2.45, 2.75) is 12.5 Å². The molecule has 0 aliphatic rings. The molecule has 0 fully saturated rings. The average Bonchev–Trinajstić information content (AvgIpc) is 2.61. The number of nitrogens with one attached hydrogen (secondary N) is 1. The number of rotatable bonds is 7. The number of amides is 1. The molecule has 0 unspecified atom stereocenters. The van der Waals surface area contributed by atoms with Gasteiger partial charge in [0.2, 0.25) is 0 Å². The summed E-state index contributed by atoms with van der Waals surface area (Å²) >= 11 is 0. The Morgan fingerprint density at radius 1 is 0.958 bits per heavy atom. The van der Waals surface area contributed by atoms with E-state index in [2.05, 4.69) is 5.32 Å². The molecule has 0 spiro atoms. The minimum Gasteiger partial charge on any atom is -0.550 e. The van der Waals surface area contributed by atoms with Gasteiger partial charge in [0.05, 0.1) is 20.3 Å². The van der Waals surface area contributed by atoms with Gasteiger partial charge in [0, 0.05) is 18.0 Å². The van der Waals surface area contributed by atoms with E-state index in [1.807, 2.05) is 0 Å². The monoisotopic (exact) mass is 328 g/mol. The van der Waals surface area contributed by atoms with Crippen LogP contribution in [0.15, 0.2) is 48.5 Å². The lowest BCUT2D eigenvalue weighted by Crippen LogP contribution is -2.34. The predicted molar refractivity (Wildman–Crippen MR) is 85.8 cm³/mol. The minimum atomic E-state index is -1.24. The molecular weight excluding hydrogens is 310 g/mol. The zero-order valence-electron chi connectivity index (χ0n) is 13.4. The van der Waals surface area contributed by atoms with Crippen LogP contribution < -0.4 is 19.9 Å². The van der Waals surface area contributed by atoms with Gasteiger partial charge in [0.1, 0.15) is 11.5 Å². The molecule has 0 saturated heterocycles. The van der Waals surface area contributed by atoms with Crippen LogP contribution in [-0.2, 0) is 4.79 Å². The number of hydrogen-bond donors (Lipinski definition) is 1. The van der Waals surface area contributed by atoms with Gasteiger partial charge in [-0.15, -0.1) is 0 Å². The van der Waals surface area contributed by atoms with Crippen LogP contribution in [0.25, 0.3) is 0 Å². The Balaban J connectivity index is 2.17. The second kappa shape index (κ2) is 8.01. The van der Waals surface area contributed by atoms with Crippen molar-refractivity contribution in [1.29, 1.82) is 0 Å². The van der Waals surface area contributed by atoms with Crippen LogP contribution in [0.2, 0.25) is 0 Å². The fourth-order valence-corrected chi connectivity index (χ4v) is 2.24. The maximum atomic E-state index is 12.3. The van der Waals surface area contributed by atoms with Gasteiger partial charge < -0.3 is 24.7 Å². The summed E-state index contributed by atoms with van der Waals surface area (Å²) in [5.41, 5.74) is 1.06. The molecule has 0 aromatic heterocycles. The van der Waals surface area contributed by atoms with Crippen molar-refractivity contribution in [3.05, 3.63) is 59.7 Å². The van der Waals surface area contributed by atoms with E-state index in [4.69, 9.17) is 9.47 Å². The Bertz CT molecular complexity index is 694. The van der Waals surface area contributed by atoms with Crippen molar-refractivity contribution in [2.24, 2.45) is 0 Å². The predicted octanol–water partition coefficient (Wildman–Crippen LogP) is 1.31. The van der Waals surface area contributed by atoms with Crippen molar-refractivity contribution in [3.8, 4) is 11.5 Å². The molecule has 0 radical (unpaired) electrons. The van der Waals surface area contributed by atoms with Gasteiger partial charge in [-0.05, 0) is 42.0 Å². The molecule has 24 heavy (non-hydrogen) atoms. The molecular formula is C18H18NO5-. The number of carboxylic acid groups (broad SMARTS) is 1. The smallest absolute Gasteiger partial charge is 0.251 e. The maximum Gasteiger partial charge on any atom is 0.251 e. The van der Waals surface area contributed by atoms with Crippen molar-refractivity contribution in [3.63, 3.8) is 0 Å². The van der Waals surface area contributed by atoms with E-state index in [0.29, 0.717) is 22.6 Å².